The Morgan fingerprint density at radius 1 is 1.11 bits per heavy atom. The predicted octanol–water partition coefficient (Wildman–Crippen LogP) is 2.25. The van der Waals surface area contributed by atoms with Gasteiger partial charge in [-0.2, -0.15) is 0 Å². The van der Waals surface area contributed by atoms with E-state index in [0.29, 0.717) is 23.1 Å². The average Bonchev–Trinajstić information content (AvgIpc) is 2.94. The molecule has 2 heterocycles. The second kappa shape index (κ2) is 6.94. The molecule has 0 bridgehead atoms. The summed E-state index contributed by atoms with van der Waals surface area (Å²) in [6, 6.07) is 14.5. The number of nitrogens with zero attached hydrogens (tertiary/aromatic N) is 1. The van der Waals surface area contributed by atoms with Crippen LogP contribution in [0.1, 0.15) is 27.7 Å². The first-order chi connectivity index (χ1) is 13.0. The number of amides is 1. The lowest BCUT2D eigenvalue weighted by molar-refractivity contribution is -0.857. The van der Waals surface area contributed by atoms with Crippen LogP contribution in [-0.4, -0.2) is 38.0 Å². The topological polar surface area (TPSA) is 55.0 Å². The third-order valence-corrected chi connectivity index (χ3v) is 5.39. The number of hydrogen-bond donors (Lipinski definition) is 1. The van der Waals surface area contributed by atoms with E-state index in [9.17, 15) is 9.59 Å². The van der Waals surface area contributed by atoms with E-state index < -0.39 is 6.04 Å². The molecule has 5 nitrogen and oxygen atoms in total. The van der Waals surface area contributed by atoms with E-state index in [4.69, 9.17) is 4.42 Å². The Bertz CT molecular complexity index is 1080. The van der Waals surface area contributed by atoms with E-state index in [0.717, 1.165) is 16.6 Å². The van der Waals surface area contributed by atoms with Gasteiger partial charge >= 0.3 is 0 Å². The second-order valence-corrected chi connectivity index (χ2v) is 8.00. The van der Waals surface area contributed by atoms with Gasteiger partial charge in [-0.15, -0.1) is 0 Å². The monoisotopic (exact) mass is 427 g/mol. The quantitative estimate of drug-likeness (QED) is 0.694. The van der Waals surface area contributed by atoms with Crippen LogP contribution < -0.4 is 10.3 Å². The average molecular weight is 428 g/mol. The molecular formula is C21H20BrN2O3+. The van der Waals surface area contributed by atoms with Crippen molar-refractivity contribution in [1.82, 2.24) is 4.90 Å². The highest BCUT2D eigenvalue weighted by molar-refractivity contribution is 9.10. The number of quaternary nitrogens is 1. The lowest BCUT2D eigenvalue weighted by Crippen LogP contribution is -3.06. The third-order valence-electron chi connectivity index (χ3n) is 4.90. The molecule has 1 N–H and O–H groups in total. The Balaban J connectivity index is 1.95. The van der Waals surface area contributed by atoms with Crippen molar-refractivity contribution in [3.8, 4) is 0 Å². The van der Waals surface area contributed by atoms with Gasteiger partial charge in [0, 0.05) is 4.47 Å². The summed E-state index contributed by atoms with van der Waals surface area (Å²) < 4.78 is 6.72. The lowest BCUT2D eigenvalue weighted by Gasteiger charge is -2.25. The van der Waals surface area contributed by atoms with Gasteiger partial charge in [0.1, 0.15) is 5.58 Å². The van der Waals surface area contributed by atoms with Gasteiger partial charge in [-0.1, -0.05) is 46.3 Å². The standard InChI is InChI=1S/C21H19BrN2O3/c1-23(2)10-11-24-18(13-6-4-3-5-7-13)17-19(25)15-12-14(22)8-9-16(15)27-20(17)21(24)26/h3-9,12,18H,10-11H2,1-2H3/p+1/t18-/m0/s1. The number of carbonyl (C=O) groups excluding carboxylic acids is 1. The molecule has 3 aromatic rings. The number of likely N-dealkylation sites (N-methyl/N-ethyl adjacent to an activating group) is 1. The fourth-order valence-corrected chi connectivity index (χ4v) is 3.91. The zero-order chi connectivity index (χ0) is 19.1. The molecule has 138 valence electrons. The second-order valence-electron chi connectivity index (χ2n) is 7.08. The zero-order valence-corrected chi connectivity index (χ0v) is 16.7. The molecular weight excluding hydrogens is 408 g/mol. The van der Waals surface area contributed by atoms with Crippen molar-refractivity contribution in [2.75, 3.05) is 27.2 Å². The van der Waals surface area contributed by atoms with Crippen molar-refractivity contribution in [3.63, 3.8) is 0 Å². The minimum absolute atomic E-state index is 0.144. The molecule has 2 aromatic carbocycles. The Labute approximate surface area is 165 Å². The fraction of sp³-hybridized carbons (Fsp3) is 0.238. The largest absolute Gasteiger partial charge is 0.450 e. The normalized spacial score (nSPS) is 16.4. The van der Waals surface area contributed by atoms with Gasteiger partial charge in [0.25, 0.3) is 5.91 Å². The Kier molecular flexibility index (Phi) is 4.61. The summed E-state index contributed by atoms with van der Waals surface area (Å²) in [6.07, 6.45) is 0. The van der Waals surface area contributed by atoms with Gasteiger partial charge in [-0.3, -0.25) is 9.59 Å². The first-order valence-electron chi connectivity index (χ1n) is 8.88. The number of rotatable bonds is 4. The minimum Gasteiger partial charge on any atom is -0.450 e. The number of hydrogen-bond acceptors (Lipinski definition) is 3. The molecule has 6 heteroatoms. The molecule has 1 aromatic heterocycles. The van der Waals surface area contributed by atoms with Crippen molar-refractivity contribution in [3.05, 3.63) is 80.1 Å². The summed E-state index contributed by atoms with van der Waals surface area (Å²) in [5.74, 6) is -0.0561. The van der Waals surface area contributed by atoms with E-state index in [2.05, 4.69) is 15.9 Å². The fourth-order valence-electron chi connectivity index (χ4n) is 3.55. The van der Waals surface area contributed by atoms with Crippen LogP contribution in [0.5, 0.6) is 0 Å². The lowest BCUT2D eigenvalue weighted by atomic mass is 9.98. The number of fused-ring (bicyclic) bond motifs is 2. The van der Waals surface area contributed by atoms with Crippen molar-refractivity contribution < 1.29 is 14.1 Å². The summed E-state index contributed by atoms with van der Waals surface area (Å²) in [6.45, 7) is 1.33. The molecule has 0 spiro atoms. The molecule has 0 aliphatic carbocycles. The summed E-state index contributed by atoms with van der Waals surface area (Å²) in [5.41, 5.74) is 1.64. The number of halogens is 1. The van der Waals surface area contributed by atoms with Gasteiger partial charge in [-0.05, 0) is 23.8 Å². The van der Waals surface area contributed by atoms with Gasteiger partial charge in [-0.25, -0.2) is 0 Å². The highest BCUT2D eigenvalue weighted by Crippen LogP contribution is 2.37. The molecule has 0 unspecified atom stereocenters. The number of benzene rings is 2. The summed E-state index contributed by atoms with van der Waals surface area (Å²) in [5, 5.41) is 0.483. The number of nitrogens with one attached hydrogen (secondary N) is 1. The highest BCUT2D eigenvalue weighted by Gasteiger charge is 2.42. The van der Waals surface area contributed by atoms with Crippen molar-refractivity contribution in [2.24, 2.45) is 0 Å². The Morgan fingerprint density at radius 3 is 2.56 bits per heavy atom. The first kappa shape index (κ1) is 17.9. The SMILES string of the molecule is C[NH+](C)CCN1C(=O)c2oc3ccc(Br)cc3c(=O)c2[C@@H]1c1ccccc1. The van der Waals surface area contributed by atoms with Crippen LogP contribution in [0.25, 0.3) is 11.0 Å². The van der Waals surface area contributed by atoms with Crippen molar-refractivity contribution in [1.29, 1.82) is 0 Å². The van der Waals surface area contributed by atoms with Gasteiger partial charge in [0.05, 0.1) is 44.2 Å². The molecule has 0 saturated carbocycles. The minimum atomic E-state index is -0.423. The van der Waals surface area contributed by atoms with Gasteiger partial charge in [0.2, 0.25) is 5.76 Å². The maximum atomic E-state index is 13.3. The molecule has 1 aliphatic rings. The molecule has 0 radical (unpaired) electrons. The molecule has 1 amide bonds. The summed E-state index contributed by atoms with van der Waals surface area (Å²) in [7, 11) is 4.08. The molecule has 1 aliphatic heterocycles. The van der Waals surface area contributed by atoms with Gasteiger partial charge < -0.3 is 14.2 Å². The van der Waals surface area contributed by atoms with Crippen LogP contribution in [0.2, 0.25) is 0 Å². The maximum absolute atomic E-state index is 13.3. The van der Waals surface area contributed by atoms with Crippen molar-refractivity contribution in [2.45, 2.75) is 6.04 Å². The highest BCUT2D eigenvalue weighted by atomic mass is 79.9. The molecule has 27 heavy (non-hydrogen) atoms. The van der Waals surface area contributed by atoms with E-state index in [1.54, 1.807) is 23.1 Å². The van der Waals surface area contributed by atoms with Crippen LogP contribution in [-0.2, 0) is 0 Å². The molecule has 1 atom stereocenters. The predicted molar refractivity (Wildman–Crippen MR) is 107 cm³/mol. The molecule has 0 fully saturated rings. The van der Waals surface area contributed by atoms with Crippen molar-refractivity contribution >= 4 is 32.8 Å². The van der Waals surface area contributed by atoms with Crippen LogP contribution in [0.4, 0.5) is 0 Å². The molecule has 0 saturated heterocycles. The first-order valence-corrected chi connectivity index (χ1v) is 9.68. The zero-order valence-electron chi connectivity index (χ0n) is 15.2. The van der Waals surface area contributed by atoms with E-state index in [1.807, 2.05) is 44.4 Å². The third kappa shape index (κ3) is 3.09. The Morgan fingerprint density at radius 2 is 1.85 bits per heavy atom. The molecule has 4 rings (SSSR count). The van der Waals surface area contributed by atoms with E-state index >= 15 is 0 Å². The van der Waals surface area contributed by atoms with Crippen LogP contribution in [0, 0.1) is 0 Å². The Hall–Kier alpha value is -2.44. The van der Waals surface area contributed by atoms with E-state index in [1.165, 1.54) is 4.90 Å². The van der Waals surface area contributed by atoms with Gasteiger partial charge in [0.15, 0.2) is 5.43 Å². The van der Waals surface area contributed by atoms with Crippen LogP contribution >= 0.6 is 15.9 Å². The summed E-state index contributed by atoms with van der Waals surface area (Å²) >= 11 is 3.41. The maximum Gasteiger partial charge on any atom is 0.291 e. The van der Waals surface area contributed by atoms with E-state index in [-0.39, 0.29) is 17.1 Å². The van der Waals surface area contributed by atoms with Crippen LogP contribution in [0.3, 0.4) is 0 Å². The number of carbonyl (C=O) groups is 1. The smallest absolute Gasteiger partial charge is 0.291 e. The van der Waals surface area contributed by atoms with Crippen LogP contribution in [0.15, 0.2) is 62.2 Å². The summed E-state index contributed by atoms with van der Waals surface area (Å²) in [4.78, 5) is 29.4.